The number of anilines is 1. The van der Waals surface area contributed by atoms with Gasteiger partial charge in [-0.05, 0) is 37.8 Å². The van der Waals surface area contributed by atoms with Crippen LogP contribution in [0, 0.1) is 0 Å². The Labute approximate surface area is 121 Å². The van der Waals surface area contributed by atoms with E-state index in [2.05, 4.69) is 18.2 Å². The molecule has 1 heterocycles. The third kappa shape index (κ3) is 2.24. The van der Waals surface area contributed by atoms with E-state index in [1.807, 2.05) is 17.9 Å². The molecular formula is C17H24N2O. The molecule has 1 aromatic rings. The van der Waals surface area contributed by atoms with Gasteiger partial charge in [0.15, 0.2) is 0 Å². The summed E-state index contributed by atoms with van der Waals surface area (Å²) in [6.07, 6.45) is 6.35. The molecule has 3 rings (SSSR count). The van der Waals surface area contributed by atoms with Gasteiger partial charge >= 0.3 is 0 Å². The van der Waals surface area contributed by atoms with E-state index in [9.17, 15) is 4.79 Å². The van der Waals surface area contributed by atoms with Crippen molar-refractivity contribution < 1.29 is 4.79 Å². The first-order valence-electron chi connectivity index (χ1n) is 7.78. The largest absolute Gasteiger partial charge is 0.328 e. The van der Waals surface area contributed by atoms with Crippen LogP contribution in [-0.4, -0.2) is 18.5 Å². The monoisotopic (exact) mass is 272 g/mol. The predicted molar refractivity (Wildman–Crippen MR) is 81.8 cm³/mol. The Morgan fingerprint density at radius 1 is 1.35 bits per heavy atom. The maximum atomic E-state index is 12.5. The Morgan fingerprint density at radius 3 is 2.75 bits per heavy atom. The summed E-state index contributed by atoms with van der Waals surface area (Å²) in [6, 6.07) is 8.57. The summed E-state index contributed by atoms with van der Waals surface area (Å²) >= 11 is 0. The van der Waals surface area contributed by atoms with Crippen molar-refractivity contribution in [3.05, 3.63) is 29.8 Å². The minimum Gasteiger partial charge on any atom is -0.328 e. The molecule has 1 unspecified atom stereocenters. The van der Waals surface area contributed by atoms with E-state index in [0.717, 1.165) is 18.7 Å². The molecule has 0 bridgehead atoms. The van der Waals surface area contributed by atoms with E-state index in [1.165, 1.54) is 31.2 Å². The number of nitrogens with two attached hydrogens (primary N) is 1. The van der Waals surface area contributed by atoms with Crippen LogP contribution in [0.4, 0.5) is 5.69 Å². The number of carbonyl (C=O) groups is 1. The van der Waals surface area contributed by atoms with Crippen molar-refractivity contribution >= 4 is 11.6 Å². The van der Waals surface area contributed by atoms with Crippen LogP contribution < -0.4 is 10.6 Å². The average Bonchev–Trinajstić information content (AvgIpc) is 3.04. The first-order chi connectivity index (χ1) is 9.62. The van der Waals surface area contributed by atoms with Crippen molar-refractivity contribution in [2.24, 2.45) is 5.73 Å². The van der Waals surface area contributed by atoms with Crippen molar-refractivity contribution in [3.8, 4) is 0 Å². The van der Waals surface area contributed by atoms with Crippen LogP contribution in [0.5, 0.6) is 0 Å². The number of para-hydroxylation sites is 1. The molecule has 1 spiro atoms. The van der Waals surface area contributed by atoms with Crippen molar-refractivity contribution in [1.29, 1.82) is 0 Å². The molecule has 1 aliphatic heterocycles. The molecule has 20 heavy (non-hydrogen) atoms. The fourth-order valence-corrected chi connectivity index (χ4v) is 3.82. The molecule has 0 saturated heterocycles. The molecule has 3 heteroatoms. The highest BCUT2D eigenvalue weighted by Gasteiger charge is 2.45. The van der Waals surface area contributed by atoms with Crippen LogP contribution in [0.2, 0.25) is 0 Å². The van der Waals surface area contributed by atoms with Gasteiger partial charge in [-0.3, -0.25) is 4.79 Å². The smallest absolute Gasteiger partial charge is 0.227 e. The van der Waals surface area contributed by atoms with Gasteiger partial charge in [-0.1, -0.05) is 31.0 Å². The Morgan fingerprint density at radius 2 is 2.05 bits per heavy atom. The van der Waals surface area contributed by atoms with Gasteiger partial charge in [-0.25, -0.2) is 0 Å². The lowest BCUT2D eigenvalue weighted by Crippen LogP contribution is -2.36. The lowest BCUT2D eigenvalue weighted by atomic mass is 9.81. The Hall–Kier alpha value is -1.35. The van der Waals surface area contributed by atoms with Crippen LogP contribution in [-0.2, 0) is 10.2 Å². The molecule has 2 N–H and O–H groups in total. The number of hydrogen-bond donors (Lipinski definition) is 1. The lowest BCUT2D eigenvalue weighted by Gasteiger charge is -2.24. The minimum absolute atomic E-state index is 0.0947. The highest BCUT2D eigenvalue weighted by molar-refractivity contribution is 5.96. The average molecular weight is 272 g/mol. The van der Waals surface area contributed by atoms with E-state index in [4.69, 9.17) is 5.73 Å². The molecule has 1 aromatic carbocycles. The second-order valence-corrected chi connectivity index (χ2v) is 6.50. The number of rotatable bonds is 3. The van der Waals surface area contributed by atoms with Crippen LogP contribution in [0.25, 0.3) is 0 Å². The second kappa shape index (κ2) is 5.21. The highest BCUT2D eigenvalue weighted by Crippen LogP contribution is 2.50. The molecule has 1 atom stereocenters. The summed E-state index contributed by atoms with van der Waals surface area (Å²) in [5, 5.41) is 0. The molecule has 3 nitrogen and oxygen atoms in total. The molecule has 2 aliphatic rings. The fourth-order valence-electron chi connectivity index (χ4n) is 3.82. The maximum Gasteiger partial charge on any atom is 0.227 e. The summed E-state index contributed by atoms with van der Waals surface area (Å²) in [5.74, 6) is 0.235. The SMILES string of the molecule is CC(N)CCC(=O)N1CC2(CCCC2)c2ccccc21. The van der Waals surface area contributed by atoms with Crippen LogP contribution >= 0.6 is 0 Å². The molecule has 1 amide bonds. The predicted octanol–water partition coefficient (Wildman–Crippen LogP) is 2.97. The van der Waals surface area contributed by atoms with Gasteiger partial charge in [0.05, 0.1) is 0 Å². The van der Waals surface area contributed by atoms with Gasteiger partial charge in [0.25, 0.3) is 0 Å². The molecule has 1 aliphatic carbocycles. The highest BCUT2D eigenvalue weighted by atomic mass is 16.2. The topological polar surface area (TPSA) is 46.3 Å². The molecule has 1 saturated carbocycles. The van der Waals surface area contributed by atoms with Crippen LogP contribution in [0.1, 0.15) is 51.0 Å². The zero-order valence-corrected chi connectivity index (χ0v) is 12.3. The van der Waals surface area contributed by atoms with Crippen LogP contribution in [0.15, 0.2) is 24.3 Å². The number of carbonyl (C=O) groups excluding carboxylic acids is 1. The summed E-state index contributed by atoms with van der Waals surface area (Å²) in [6.45, 7) is 2.84. The number of nitrogens with zero attached hydrogens (tertiary/aromatic N) is 1. The first-order valence-corrected chi connectivity index (χ1v) is 7.78. The third-order valence-corrected chi connectivity index (χ3v) is 4.90. The number of hydrogen-bond acceptors (Lipinski definition) is 2. The Balaban J connectivity index is 1.85. The van der Waals surface area contributed by atoms with Crippen LogP contribution in [0.3, 0.4) is 0 Å². The van der Waals surface area contributed by atoms with Gasteiger partial charge in [0.1, 0.15) is 0 Å². The number of fused-ring (bicyclic) bond motifs is 2. The van der Waals surface area contributed by atoms with Gasteiger partial charge in [0.2, 0.25) is 5.91 Å². The van der Waals surface area contributed by atoms with E-state index < -0.39 is 0 Å². The van der Waals surface area contributed by atoms with E-state index in [1.54, 1.807) is 0 Å². The molecule has 1 fully saturated rings. The quantitative estimate of drug-likeness (QED) is 0.919. The second-order valence-electron chi connectivity index (χ2n) is 6.50. The first kappa shape index (κ1) is 13.6. The summed E-state index contributed by atoms with van der Waals surface area (Å²) in [4.78, 5) is 14.5. The molecule has 0 aromatic heterocycles. The standard InChI is InChI=1S/C17H24N2O/c1-13(18)8-9-16(20)19-12-17(10-4-5-11-17)14-6-2-3-7-15(14)19/h2-3,6-7,13H,4-5,8-12,18H2,1H3. The van der Waals surface area contributed by atoms with Crippen molar-refractivity contribution in [2.75, 3.05) is 11.4 Å². The van der Waals surface area contributed by atoms with Gasteiger partial charge < -0.3 is 10.6 Å². The third-order valence-electron chi connectivity index (χ3n) is 4.90. The normalized spacial score (nSPS) is 21.2. The summed E-state index contributed by atoms with van der Waals surface area (Å²) < 4.78 is 0. The number of benzene rings is 1. The minimum atomic E-state index is 0.0947. The summed E-state index contributed by atoms with van der Waals surface area (Å²) in [5.41, 5.74) is 8.55. The number of amides is 1. The zero-order chi connectivity index (χ0) is 14.2. The maximum absolute atomic E-state index is 12.5. The van der Waals surface area contributed by atoms with Gasteiger partial charge in [-0.2, -0.15) is 0 Å². The Kier molecular flexibility index (Phi) is 3.55. The Bertz CT molecular complexity index is 503. The molecular weight excluding hydrogens is 248 g/mol. The van der Waals surface area contributed by atoms with E-state index >= 15 is 0 Å². The van der Waals surface area contributed by atoms with Gasteiger partial charge in [0, 0.05) is 30.1 Å². The van der Waals surface area contributed by atoms with Crippen molar-refractivity contribution in [1.82, 2.24) is 0 Å². The van der Waals surface area contributed by atoms with Crippen molar-refractivity contribution in [3.63, 3.8) is 0 Å². The van der Waals surface area contributed by atoms with E-state index in [0.29, 0.717) is 6.42 Å². The summed E-state index contributed by atoms with van der Waals surface area (Å²) in [7, 11) is 0. The lowest BCUT2D eigenvalue weighted by molar-refractivity contribution is -0.118. The van der Waals surface area contributed by atoms with E-state index in [-0.39, 0.29) is 17.4 Å². The fraction of sp³-hybridized carbons (Fsp3) is 0.588. The van der Waals surface area contributed by atoms with Gasteiger partial charge in [-0.15, -0.1) is 0 Å². The molecule has 108 valence electrons. The van der Waals surface area contributed by atoms with Crippen molar-refractivity contribution in [2.45, 2.75) is 56.9 Å². The molecule has 0 radical (unpaired) electrons. The zero-order valence-electron chi connectivity index (χ0n) is 12.3.